The van der Waals surface area contributed by atoms with Crippen molar-refractivity contribution < 1.29 is 47.0 Å². The van der Waals surface area contributed by atoms with Crippen molar-refractivity contribution in [3.8, 4) is 22.5 Å². The van der Waals surface area contributed by atoms with Crippen LogP contribution in [0.3, 0.4) is 0 Å². The lowest BCUT2D eigenvalue weighted by Crippen LogP contribution is -2.48. The summed E-state index contributed by atoms with van der Waals surface area (Å²) in [6.07, 6.45) is 5.53. The van der Waals surface area contributed by atoms with Crippen LogP contribution in [0.15, 0.2) is 66.7 Å². The molecule has 3 aromatic carbocycles. The number of nitrogens with one attached hydrogen (secondary N) is 4. The molecule has 1 aromatic heterocycles. The van der Waals surface area contributed by atoms with Crippen molar-refractivity contribution in [2.45, 2.75) is 94.7 Å². The second kappa shape index (κ2) is 19.3. The third-order valence-electron chi connectivity index (χ3n) is 11.3. The lowest BCUT2D eigenvalue weighted by atomic mass is 9.81. The molecular weight excluding hydrogens is 810 g/mol. The van der Waals surface area contributed by atoms with Gasteiger partial charge in [-0.2, -0.15) is 17.6 Å². The highest BCUT2D eigenvalue weighted by atomic mass is 35.5. The maximum Gasteiger partial charge on any atom is 0.411 e. The quantitative estimate of drug-likeness (QED) is 0.0725. The van der Waals surface area contributed by atoms with Gasteiger partial charge in [0.2, 0.25) is 17.6 Å². The minimum atomic E-state index is -5.44. The molecule has 0 bridgehead atoms. The fraction of sp³-hybridized carbons (Fsp3) is 0.429. The van der Waals surface area contributed by atoms with Gasteiger partial charge in [-0.05, 0) is 129 Å². The van der Waals surface area contributed by atoms with Gasteiger partial charge in [0.05, 0.1) is 6.10 Å². The minimum absolute atomic E-state index is 0. The average molecular weight is 858 g/mol. The molecule has 2 fully saturated rings. The molecule has 18 heteroatoms. The first-order valence-electron chi connectivity index (χ1n) is 19.6. The molecule has 0 radical (unpaired) electrons. The summed E-state index contributed by atoms with van der Waals surface area (Å²) >= 11 is 0. The lowest BCUT2D eigenvalue weighted by molar-refractivity contribution is -0.231. The number of aryl methyl sites for hydroxylation is 1. The van der Waals surface area contributed by atoms with E-state index in [2.05, 4.69) is 26.1 Å². The Balaban J connectivity index is 0.00000683. The fourth-order valence-corrected chi connectivity index (χ4v) is 7.59. The van der Waals surface area contributed by atoms with E-state index in [1.165, 1.54) is 24.3 Å². The van der Waals surface area contributed by atoms with Crippen LogP contribution in [0.25, 0.3) is 22.5 Å². The van der Waals surface area contributed by atoms with E-state index in [4.69, 9.17) is 10.8 Å². The Hall–Kier alpha value is -5.39. The van der Waals surface area contributed by atoms with Gasteiger partial charge in [-0.1, -0.05) is 30.3 Å². The third kappa shape index (κ3) is 10.5. The maximum absolute atomic E-state index is 14.3. The van der Waals surface area contributed by atoms with Crippen molar-refractivity contribution in [3.63, 3.8) is 0 Å². The number of nitrogens with zero attached hydrogens (tertiary/aromatic N) is 2. The molecule has 322 valence electrons. The Morgan fingerprint density at radius 1 is 0.867 bits per heavy atom. The first-order chi connectivity index (χ1) is 28.0. The summed E-state index contributed by atoms with van der Waals surface area (Å²) in [6.45, 7) is 2.47. The van der Waals surface area contributed by atoms with Crippen molar-refractivity contribution in [2.24, 2.45) is 17.6 Å². The number of alkyl halides is 4. The van der Waals surface area contributed by atoms with Crippen LogP contribution in [-0.4, -0.2) is 79.7 Å². The number of aliphatic carboxylic acids is 1. The Morgan fingerprint density at radius 2 is 1.50 bits per heavy atom. The van der Waals surface area contributed by atoms with E-state index in [0.717, 1.165) is 47.9 Å². The molecule has 0 saturated heterocycles. The van der Waals surface area contributed by atoms with E-state index in [1.54, 1.807) is 6.07 Å². The number of anilines is 1. The summed E-state index contributed by atoms with van der Waals surface area (Å²) in [4.78, 5) is 52.9. The van der Waals surface area contributed by atoms with Gasteiger partial charge in [0.25, 0.3) is 5.91 Å². The highest BCUT2D eigenvalue weighted by Crippen LogP contribution is 2.42. The number of hydrogen-bond acceptors (Lipinski definition) is 8. The molecular formula is C42H48ClF4N7O6. The SMILES string of the molecule is Cc1cc(C(=O)N[C@H]2CC[C@H](O)CC2)ccc1-c1ccc(CC(NC(=O)[C@H]2CC[C@H](CN)CC2)C(=O)Nc2ccc(-c3nnc(C(F)(F)C(F)(F)C(=O)O)[nH]3)cc2)cc1.Cl. The van der Waals surface area contributed by atoms with Crippen LogP contribution in [0.1, 0.15) is 78.7 Å². The summed E-state index contributed by atoms with van der Waals surface area (Å²) in [5.41, 5.74) is 10.2. The zero-order chi connectivity index (χ0) is 42.5. The number of rotatable bonds is 14. The van der Waals surface area contributed by atoms with Crippen molar-refractivity contribution in [1.29, 1.82) is 0 Å². The van der Waals surface area contributed by atoms with Crippen LogP contribution in [0, 0.1) is 18.8 Å². The van der Waals surface area contributed by atoms with E-state index in [9.17, 15) is 41.8 Å². The molecule has 1 unspecified atom stereocenters. The number of nitrogens with two attached hydrogens (primary N) is 1. The molecule has 3 amide bonds. The second-order valence-electron chi connectivity index (χ2n) is 15.5. The fourth-order valence-electron chi connectivity index (χ4n) is 7.59. The number of H-pyrrole nitrogens is 1. The number of benzene rings is 3. The standard InChI is InChI=1S/C42H47F4N7O6.ClH/c1-23-20-29(37(56)48-31-15-17-32(54)18-16-31)12-19-33(23)26-6-2-24(3-7-26)21-34(50-36(55)28-8-4-25(22-47)5-9-28)38(57)49-30-13-10-27(11-14-30)35-51-39(53-52-35)41(43,44)42(45,46)40(58)59;/h2-3,6-7,10-14,19-20,25,28,31-32,34,54H,4-5,8-9,15-18,21-22,47H2,1H3,(H,48,56)(H,49,57)(H,50,55)(H,58,59)(H,51,52,53);1H/t25-,28-,31-,32-,34?;. The predicted molar refractivity (Wildman–Crippen MR) is 217 cm³/mol. The summed E-state index contributed by atoms with van der Waals surface area (Å²) < 4.78 is 55.9. The molecule has 2 aliphatic rings. The van der Waals surface area contributed by atoms with Gasteiger partial charge in [0, 0.05) is 35.2 Å². The molecule has 0 spiro atoms. The van der Waals surface area contributed by atoms with E-state index in [1.807, 2.05) is 48.3 Å². The Bertz CT molecular complexity index is 2140. The number of aliphatic hydroxyl groups excluding tert-OH is 1. The average Bonchev–Trinajstić information content (AvgIpc) is 3.73. The molecule has 4 aromatic rings. The minimum Gasteiger partial charge on any atom is -0.477 e. The van der Waals surface area contributed by atoms with E-state index < -0.39 is 35.6 Å². The van der Waals surface area contributed by atoms with Gasteiger partial charge in [0.15, 0.2) is 5.82 Å². The lowest BCUT2D eigenvalue weighted by Gasteiger charge is -2.28. The van der Waals surface area contributed by atoms with E-state index in [-0.39, 0.29) is 65.8 Å². The van der Waals surface area contributed by atoms with Crippen LogP contribution < -0.4 is 21.7 Å². The van der Waals surface area contributed by atoms with Gasteiger partial charge < -0.3 is 36.9 Å². The summed E-state index contributed by atoms with van der Waals surface area (Å²) in [6, 6.07) is 17.6. The number of aromatic amines is 1. The van der Waals surface area contributed by atoms with Crippen LogP contribution in [-0.2, 0) is 26.7 Å². The maximum atomic E-state index is 14.3. The molecule has 1 atom stereocenters. The number of hydrogen-bond donors (Lipinski definition) is 7. The first kappa shape index (κ1) is 45.7. The van der Waals surface area contributed by atoms with Gasteiger partial charge in [-0.15, -0.1) is 22.6 Å². The van der Waals surface area contributed by atoms with Crippen LogP contribution in [0.5, 0.6) is 0 Å². The summed E-state index contributed by atoms with van der Waals surface area (Å²) in [5.74, 6) is -16.5. The zero-order valence-electron chi connectivity index (χ0n) is 32.7. The molecule has 6 rings (SSSR count). The Kier molecular flexibility index (Phi) is 14.7. The number of aliphatic hydroxyl groups is 1. The van der Waals surface area contributed by atoms with Crippen molar-refractivity contribution in [1.82, 2.24) is 25.8 Å². The van der Waals surface area contributed by atoms with Crippen LogP contribution in [0.2, 0.25) is 0 Å². The number of carbonyl (C=O) groups excluding carboxylic acids is 3. The van der Waals surface area contributed by atoms with E-state index in [0.29, 0.717) is 43.7 Å². The summed E-state index contributed by atoms with van der Waals surface area (Å²) in [7, 11) is 0. The number of amides is 3. The zero-order valence-corrected chi connectivity index (χ0v) is 33.5. The molecule has 60 heavy (non-hydrogen) atoms. The van der Waals surface area contributed by atoms with Crippen LogP contribution in [0.4, 0.5) is 23.2 Å². The molecule has 2 saturated carbocycles. The Labute approximate surface area is 349 Å². The molecule has 8 N–H and O–H groups in total. The predicted octanol–water partition coefficient (Wildman–Crippen LogP) is 6.15. The summed E-state index contributed by atoms with van der Waals surface area (Å²) in [5, 5.41) is 33.6. The van der Waals surface area contributed by atoms with Crippen molar-refractivity contribution in [3.05, 3.63) is 89.2 Å². The highest BCUT2D eigenvalue weighted by molar-refractivity contribution is 5.98. The number of carboxylic acids is 1. The highest BCUT2D eigenvalue weighted by Gasteiger charge is 2.65. The van der Waals surface area contributed by atoms with Crippen molar-refractivity contribution in [2.75, 3.05) is 11.9 Å². The molecule has 1 heterocycles. The van der Waals surface area contributed by atoms with Crippen LogP contribution >= 0.6 is 12.4 Å². The van der Waals surface area contributed by atoms with Gasteiger partial charge in [-0.3, -0.25) is 14.4 Å². The molecule has 2 aliphatic carbocycles. The number of halogens is 5. The third-order valence-corrected chi connectivity index (χ3v) is 11.3. The van der Waals surface area contributed by atoms with Crippen molar-refractivity contribution >= 4 is 41.8 Å². The normalized spacial score (nSPS) is 20.0. The number of aromatic nitrogens is 3. The first-order valence-corrected chi connectivity index (χ1v) is 19.6. The molecule has 0 aliphatic heterocycles. The topological polar surface area (TPSA) is 212 Å². The monoisotopic (exact) mass is 857 g/mol. The largest absolute Gasteiger partial charge is 0.477 e. The second-order valence-corrected chi connectivity index (χ2v) is 15.5. The van der Waals surface area contributed by atoms with Gasteiger partial charge in [0.1, 0.15) is 6.04 Å². The molecule has 13 nitrogen and oxygen atoms in total. The smallest absolute Gasteiger partial charge is 0.411 e. The van der Waals surface area contributed by atoms with Gasteiger partial charge >= 0.3 is 17.8 Å². The van der Waals surface area contributed by atoms with E-state index >= 15 is 0 Å². The van der Waals surface area contributed by atoms with Gasteiger partial charge in [-0.25, -0.2) is 4.79 Å². The number of carboxylic acid groups (broad SMARTS) is 1. The Morgan fingerprint density at radius 3 is 2.10 bits per heavy atom. The number of carbonyl (C=O) groups is 4.